The molecule has 6 heteroatoms. The molecule has 27 heavy (non-hydrogen) atoms. The first kappa shape index (κ1) is 18.2. The molecule has 0 saturated carbocycles. The molecule has 2 heterocycles. The van der Waals surface area contributed by atoms with Gasteiger partial charge in [0.05, 0.1) is 28.7 Å². The smallest absolute Gasteiger partial charge is 0.243 e. The highest BCUT2D eigenvalue weighted by Crippen LogP contribution is 2.42. The van der Waals surface area contributed by atoms with Crippen LogP contribution >= 0.6 is 0 Å². The van der Waals surface area contributed by atoms with E-state index in [2.05, 4.69) is 6.07 Å². The highest BCUT2D eigenvalue weighted by atomic mass is 32.2. The third kappa shape index (κ3) is 3.16. The van der Waals surface area contributed by atoms with Gasteiger partial charge in [0.25, 0.3) is 0 Å². The molecule has 140 valence electrons. The Kier molecular flexibility index (Phi) is 4.55. The average molecular weight is 382 g/mol. The number of rotatable bonds is 2. The Labute approximate surface area is 160 Å². The molecule has 1 spiro atoms. The van der Waals surface area contributed by atoms with Crippen molar-refractivity contribution in [2.24, 2.45) is 0 Å². The van der Waals surface area contributed by atoms with Gasteiger partial charge in [0.15, 0.2) is 0 Å². The predicted molar refractivity (Wildman–Crippen MR) is 102 cm³/mol. The second-order valence-corrected chi connectivity index (χ2v) is 9.23. The summed E-state index contributed by atoms with van der Waals surface area (Å²) in [7, 11) is -3.49. The molecule has 4 rings (SSSR count). The van der Waals surface area contributed by atoms with Crippen molar-refractivity contribution in [2.45, 2.75) is 36.7 Å². The first-order valence-electron chi connectivity index (χ1n) is 9.19. The lowest BCUT2D eigenvalue weighted by Crippen LogP contribution is -2.48. The van der Waals surface area contributed by atoms with Crippen LogP contribution in [0, 0.1) is 18.3 Å². The van der Waals surface area contributed by atoms with Crippen molar-refractivity contribution in [3.63, 3.8) is 0 Å². The van der Waals surface area contributed by atoms with E-state index < -0.39 is 15.6 Å². The Balaban J connectivity index is 1.58. The van der Waals surface area contributed by atoms with E-state index in [9.17, 15) is 8.42 Å². The molecule has 2 aromatic rings. The van der Waals surface area contributed by atoms with Crippen LogP contribution in [0.4, 0.5) is 0 Å². The second kappa shape index (κ2) is 6.75. The van der Waals surface area contributed by atoms with E-state index in [1.165, 1.54) is 0 Å². The first-order chi connectivity index (χ1) is 12.9. The minimum atomic E-state index is -3.49. The van der Waals surface area contributed by atoms with Gasteiger partial charge in [0, 0.05) is 13.1 Å². The summed E-state index contributed by atoms with van der Waals surface area (Å²) in [5.74, 6) is 0. The lowest BCUT2D eigenvalue weighted by Gasteiger charge is -2.44. The molecule has 2 aromatic carbocycles. The highest BCUT2D eigenvalue weighted by molar-refractivity contribution is 7.89. The van der Waals surface area contributed by atoms with Gasteiger partial charge in [0.2, 0.25) is 10.0 Å². The highest BCUT2D eigenvalue weighted by Gasteiger charge is 2.43. The van der Waals surface area contributed by atoms with Crippen LogP contribution in [0.5, 0.6) is 0 Å². The summed E-state index contributed by atoms with van der Waals surface area (Å²) in [6.07, 6.45) is 2.03. The fourth-order valence-corrected chi connectivity index (χ4v) is 5.55. The fraction of sp³-hybridized carbons (Fsp3) is 0.381. The molecule has 2 aliphatic rings. The molecule has 0 atom stereocenters. The summed E-state index contributed by atoms with van der Waals surface area (Å²) in [6, 6.07) is 14.9. The number of ether oxygens (including phenoxy) is 1. The Morgan fingerprint density at radius 1 is 1.11 bits per heavy atom. The van der Waals surface area contributed by atoms with Gasteiger partial charge in [-0.2, -0.15) is 9.57 Å². The monoisotopic (exact) mass is 382 g/mol. The maximum absolute atomic E-state index is 12.9. The standard InChI is InChI=1S/C21H22N2O3S/c1-16-2-5-19(6-3-16)27(24,25)23-11-9-21(10-12-23)20-7-4-17(15-22)14-18(20)8-13-26-21/h2-7,14H,8-13H2,1H3. The number of hydrogen-bond acceptors (Lipinski definition) is 4. The summed E-state index contributed by atoms with van der Waals surface area (Å²) in [5, 5.41) is 9.14. The summed E-state index contributed by atoms with van der Waals surface area (Å²) in [6.45, 7) is 3.40. The topological polar surface area (TPSA) is 70.4 Å². The van der Waals surface area contributed by atoms with Gasteiger partial charge in [-0.15, -0.1) is 0 Å². The van der Waals surface area contributed by atoms with Crippen LogP contribution in [0.15, 0.2) is 47.4 Å². The Morgan fingerprint density at radius 3 is 2.48 bits per heavy atom. The molecule has 0 unspecified atom stereocenters. The summed E-state index contributed by atoms with van der Waals surface area (Å²) in [5.41, 5.74) is 3.51. The van der Waals surface area contributed by atoms with Crippen molar-refractivity contribution in [3.8, 4) is 6.07 Å². The number of aryl methyl sites for hydroxylation is 1. The molecule has 0 amide bonds. The van der Waals surface area contributed by atoms with Crippen LogP contribution in [0.2, 0.25) is 0 Å². The van der Waals surface area contributed by atoms with Crippen LogP contribution < -0.4 is 0 Å². The third-order valence-electron chi connectivity index (χ3n) is 5.66. The third-order valence-corrected chi connectivity index (χ3v) is 7.58. The van der Waals surface area contributed by atoms with E-state index in [1.54, 1.807) is 16.4 Å². The van der Waals surface area contributed by atoms with Gasteiger partial charge in [0.1, 0.15) is 0 Å². The zero-order chi connectivity index (χ0) is 19.1. The number of hydrogen-bond donors (Lipinski definition) is 0. The molecule has 0 aromatic heterocycles. The van der Waals surface area contributed by atoms with Crippen LogP contribution in [-0.4, -0.2) is 32.4 Å². The van der Waals surface area contributed by atoms with Crippen molar-refractivity contribution >= 4 is 10.0 Å². The summed E-state index contributed by atoms with van der Waals surface area (Å²) >= 11 is 0. The van der Waals surface area contributed by atoms with E-state index in [-0.39, 0.29) is 0 Å². The van der Waals surface area contributed by atoms with Crippen molar-refractivity contribution in [1.29, 1.82) is 5.26 Å². The molecule has 1 fully saturated rings. The molecule has 0 radical (unpaired) electrons. The van der Waals surface area contributed by atoms with Gasteiger partial charge >= 0.3 is 0 Å². The number of benzene rings is 2. The Morgan fingerprint density at radius 2 is 1.81 bits per heavy atom. The van der Waals surface area contributed by atoms with Crippen molar-refractivity contribution < 1.29 is 13.2 Å². The largest absolute Gasteiger partial charge is 0.370 e. The van der Waals surface area contributed by atoms with E-state index in [0.717, 1.165) is 23.1 Å². The number of fused-ring (bicyclic) bond motifs is 2. The molecule has 0 N–H and O–H groups in total. The first-order valence-corrected chi connectivity index (χ1v) is 10.6. The quantitative estimate of drug-likeness (QED) is 0.800. The van der Waals surface area contributed by atoms with Crippen molar-refractivity contribution in [2.75, 3.05) is 19.7 Å². The van der Waals surface area contributed by atoms with Crippen LogP contribution in [0.1, 0.15) is 35.1 Å². The molecule has 0 aliphatic carbocycles. The normalized spacial score (nSPS) is 19.4. The molecular formula is C21H22N2O3S. The van der Waals surface area contributed by atoms with Gasteiger partial charge < -0.3 is 4.74 Å². The van der Waals surface area contributed by atoms with Crippen LogP contribution in [-0.2, 0) is 26.8 Å². The number of piperidine rings is 1. The average Bonchev–Trinajstić information content (AvgIpc) is 2.68. The van der Waals surface area contributed by atoms with Crippen LogP contribution in [0.25, 0.3) is 0 Å². The minimum Gasteiger partial charge on any atom is -0.370 e. The number of nitrogens with zero attached hydrogens (tertiary/aromatic N) is 2. The Bertz CT molecular complexity index is 999. The lowest BCUT2D eigenvalue weighted by atomic mass is 9.79. The van der Waals surface area contributed by atoms with E-state index in [1.807, 2.05) is 37.3 Å². The summed E-state index contributed by atoms with van der Waals surface area (Å²) in [4.78, 5) is 0.340. The number of sulfonamides is 1. The minimum absolute atomic E-state index is 0.340. The molecule has 2 aliphatic heterocycles. The number of nitriles is 1. The maximum atomic E-state index is 12.9. The van der Waals surface area contributed by atoms with Gasteiger partial charge in [-0.25, -0.2) is 8.42 Å². The van der Waals surface area contributed by atoms with E-state index in [0.29, 0.717) is 43.0 Å². The van der Waals surface area contributed by atoms with E-state index in [4.69, 9.17) is 10.00 Å². The zero-order valence-corrected chi connectivity index (χ0v) is 16.1. The lowest BCUT2D eigenvalue weighted by molar-refractivity contribution is -0.0891. The van der Waals surface area contributed by atoms with Gasteiger partial charge in [-0.05, 0) is 61.6 Å². The molecule has 5 nitrogen and oxygen atoms in total. The van der Waals surface area contributed by atoms with Crippen LogP contribution in [0.3, 0.4) is 0 Å². The van der Waals surface area contributed by atoms with Crippen molar-refractivity contribution in [3.05, 3.63) is 64.7 Å². The second-order valence-electron chi connectivity index (χ2n) is 7.29. The fourth-order valence-electron chi connectivity index (χ4n) is 4.11. The molecule has 0 bridgehead atoms. The van der Waals surface area contributed by atoms with Gasteiger partial charge in [-0.1, -0.05) is 23.8 Å². The van der Waals surface area contributed by atoms with E-state index >= 15 is 0 Å². The molecule has 1 saturated heterocycles. The van der Waals surface area contributed by atoms with Gasteiger partial charge in [-0.3, -0.25) is 0 Å². The zero-order valence-electron chi connectivity index (χ0n) is 15.3. The maximum Gasteiger partial charge on any atom is 0.243 e. The SMILES string of the molecule is Cc1ccc(S(=O)(=O)N2CCC3(CC2)OCCc2cc(C#N)ccc23)cc1. The Hall–Kier alpha value is -2.20. The summed E-state index contributed by atoms with van der Waals surface area (Å²) < 4.78 is 33.6. The molecular weight excluding hydrogens is 360 g/mol. The van der Waals surface area contributed by atoms with Crippen molar-refractivity contribution in [1.82, 2.24) is 4.31 Å². The predicted octanol–water partition coefficient (Wildman–Crippen LogP) is 3.12.